The van der Waals surface area contributed by atoms with Crippen LogP contribution in [0.5, 0.6) is 0 Å². The molecular formula is C11H20N2O4. The van der Waals surface area contributed by atoms with Gasteiger partial charge in [-0.05, 0) is 26.7 Å². The first kappa shape index (κ1) is 13.8. The van der Waals surface area contributed by atoms with Gasteiger partial charge in [0.15, 0.2) is 6.04 Å². The van der Waals surface area contributed by atoms with Crippen molar-refractivity contribution < 1.29 is 19.8 Å². The quantitative estimate of drug-likeness (QED) is 0.577. The van der Waals surface area contributed by atoms with E-state index in [2.05, 4.69) is 10.6 Å². The average Bonchev–Trinajstić information content (AvgIpc) is 2.60. The lowest BCUT2D eigenvalue weighted by atomic mass is 10.0. The zero-order chi connectivity index (χ0) is 13.1. The number of urea groups is 1. The molecule has 1 aliphatic carbocycles. The topological polar surface area (TPSA) is 98.7 Å². The van der Waals surface area contributed by atoms with Gasteiger partial charge in [0.1, 0.15) is 0 Å². The van der Waals surface area contributed by atoms with E-state index in [9.17, 15) is 14.7 Å². The van der Waals surface area contributed by atoms with Crippen LogP contribution in [0.3, 0.4) is 0 Å². The minimum Gasteiger partial charge on any atom is -0.480 e. The summed E-state index contributed by atoms with van der Waals surface area (Å²) in [5, 5.41) is 23.1. The van der Waals surface area contributed by atoms with E-state index in [1.807, 2.05) is 6.92 Å². The first-order chi connectivity index (χ1) is 7.84. The second-order valence-corrected chi connectivity index (χ2v) is 4.92. The van der Waals surface area contributed by atoms with Crippen molar-refractivity contribution in [2.24, 2.45) is 0 Å². The average molecular weight is 244 g/mol. The number of carbonyl (C=O) groups excluding carboxylic acids is 1. The van der Waals surface area contributed by atoms with Crippen LogP contribution in [-0.4, -0.2) is 39.9 Å². The van der Waals surface area contributed by atoms with Gasteiger partial charge in [-0.1, -0.05) is 12.8 Å². The summed E-state index contributed by atoms with van der Waals surface area (Å²) in [6.07, 6.45) is 2.79. The van der Waals surface area contributed by atoms with Crippen molar-refractivity contribution in [3.05, 3.63) is 0 Å². The first-order valence-electron chi connectivity index (χ1n) is 5.84. The van der Waals surface area contributed by atoms with Crippen molar-refractivity contribution in [3.8, 4) is 0 Å². The van der Waals surface area contributed by atoms with E-state index in [0.29, 0.717) is 0 Å². The summed E-state index contributed by atoms with van der Waals surface area (Å²) < 4.78 is 0. The molecule has 1 aliphatic rings. The number of hydrogen-bond donors (Lipinski definition) is 4. The molecule has 2 atom stereocenters. The molecule has 6 heteroatoms. The molecule has 0 unspecified atom stereocenters. The number of hydrogen-bond acceptors (Lipinski definition) is 3. The van der Waals surface area contributed by atoms with Crippen LogP contribution in [0, 0.1) is 0 Å². The van der Waals surface area contributed by atoms with Gasteiger partial charge in [0.05, 0.1) is 6.10 Å². The maximum atomic E-state index is 11.6. The number of aliphatic carboxylic acids is 1. The molecule has 0 aliphatic heterocycles. The highest BCUT2D eigenvalue weighted by Crippen LogP contribution is 2.28. The Balaban J connectivity index is 2.50. The highest BCUT2D eigenvalue weighted by molar-refractivity contribution is 5.83. The fourth-order valence-electron chi connectivity index (χ4n) is 2.12. The molecule has 1 rings (SSSR count). The van der Waals surface area contributed by atoms with Gasteiger partial charge in [0, 0.05) is 5.54 Å². The monoisotopic (exact) mass is 244 g/mol. The summed E-state index contributed by atoms with van der Waals surface area (Å²) in [6, 6.07) is -1.82. The van der Waals surface area contributed by atoms with Crippen LogP contribution in [0.15, 0.2) is 0 Å². The van der Waals surface area contributed by atoms with Crippen molar-refractivity contribution in [1.29, 1.82) is 0 Å². The summed E-state index contributed by atoms with van der Waals surface area (Å²) in [5.74, 6) is -1.24. The Hall–Kier alpha value is -1.30. The highest BCUT2D eigenvalue weighted by atomic mass is 16.4. The van der Waals surface area contributed by atoms with Gasteiger partial charge in [0.25, 0.3) is 0 Å². The maximum Gasteiger partial charge on any atom is 0.328 e. The smallest absolute Gasteiger partial charge is 0.328 e. The van der Waals surface area contributed by atoms with E-state index in [-0.39, 0.29) is 5.54 Å². The standard InChI is InChI=1S/C11H20N2O4/c1-7(14)8(9(15)16)12-10(17)13-11(2)5-3-4-6-11/h7-8,14H,3-6H2,1-2H3,(H,15,16)(H2,12,13,17)/t7-,8+/m1/s1. The summed E-state index contributed by atoms with van der Waals surface area (Å²) in [4.78, 5) is 22.4. The van der Waals surface area contributed by atoms with E-state index >= 15 is 0 Å². The predicted octanol–water partition coefficient (Wildman–Crippen LogP) is 0.452. The summed E-state index contributed by atoms with van der Waals surface area (Å²) in [6.45, 7) is 3.27. The Labute approximate surface area is 100 Å². The van der Waals surface area contributed by atoms with Crippen molar-refractivity contribution >= 4 is 12.0 Å². The SMILES string of the molecule is C[C@@H](O)[C@H](NC(=O)NC1(C)CCCC1)C(=O)O. The van der Waals surface area contributed by atoms with Crippen LogP contribution >= 0.6 is 0 Å². The molecule has 17 heavy (non-hydrogen) atoms. The second kappa shape index (κ2) is 5.35. The van der Waals surface area contributed by atoms with Crippen molar-refractivity contribution in [3.63, 3.8) is 0 Å². The zero-order valence-corrected chi connectivity index (χ0v) is 10.2. The lowest BCUT2D eigenvalue weighted by molar-refractivity contribution is -0.141. The molecule has 6 nitrogen and oxygen atoms in total. The first-order valence-corrected chi connectivity index (χ1v) is 5.84. The van der Waals surface area contributed by atoms with Gasteiger partial charge < -0.3 is 20.8 Å². The third kappa shape index (κ3) is 3.89. The summed E-state index contributed by atoms with van der Waals surface area (Å²) >= 11 is 0. The number of amides is 2. The van der Waals surface area contributed by atoms with Crippen LogP contribution < -0.4 is 10.6 Å². The predicted molar refractivity (Wildman–Crippen MR) is 61.6 cm³/mol. The molecule has 4 N–H and O–H groups in total. The third-order valence-corrected chi connectivity index (χ3v) is 3.16. The van der Waals surface area contributed by atoms with Crippen LogP contribution in [0.25, 0.3) is 0 Å². The lowest BCUT2D eigenvalue weighted by Crippen LogP contribution is -2.55. The number of rotatable bonds is 4. The number of carbonyl (C=O) groups is 2. The van der Waals surface area contributed by atoms with Crippen LogP contribution in [-0.2, 0) is 4.79 Å². The second-order valence-electron chi connectivity index (χ2n) is 4.92. The molecular weight excluding hydrogens is 224 g/mol. The van der Waals surface area contributed by atoms with E-state index in [1.165, 1.54) is 6.92 Å². The molecule has 98 valence electrons. The number of carboxylic acid groups (broad SMARTS) is 1. The zero-order valence-electron chi connectivity index (χ0n) is 10.2. The van der Waals surface area contributed by atoms with Crippen molar-refractivity contribution in [2.45, 2.75) is 57.2 Å². The Morgan fingerprint density at radius 3 is 2.24 bits per heavy atom. The molecule has 0 aromatic heterocycles. The number of aliphatic hydroxyl groups is 1. The molecule has 0 heterocycles. The van der Waals surface area contributed by atoms with E-state index in [1.54, 1.807) is 0 Å². The fourth-order valence-corrected chi connectivity index (χ4v) is 2.12. The summed E-state index contributed by atoms with van der Waals surface area (Å²) in [5.41, 5.74) is -0.258. The molecule has 0 saturated heterocycles. The van der Waals surface area contributed by atoms with Gasteiger partial charge in [-0.3, -0.25) is 0 Å². The molecule has 0 aromatic carbocycles. The molecule has 2 amide bonds. The molecule has 1 saturated carbocycles. The van der Waals surface area contributed by atoms with Crippen LogP contribution in [0.4, 0.5) is 4.79 Å². The normalized spacial score (nSPS) is 21.6. The van der Waals surface area contributed by atoms with E-state index in [0.717, 1.165) is 25.7 Å². The van der Waals surface area contributed by atoms with Gasteiger partial charge >= 0.3 is 12.0 Å². The minimum absolute atomic E-state index is 0.258. The Morgan fingerprint density at radius 1 is 1.29 bits per heavy atom. The summed E-state index contributed by atoms with van der Waals surface area (Å²) in [7, 11) is 0. The van der Waals surface area contributed by atoms with Gasteiger partial charge in [-0.25, -0.2) is 9.59 Å². The molecule has 0 radical (unpaired) electrons. The highest BCUT2D eigenvalue weighted by Gasteiger charge is 2.32. The number of carboxylic acids is 1. The van der Waals surface area contributed by atoms with Crippen LogP contribution in [0.2, 0.25) is 0 Å². The van der Waals surface area contributed by atoms with Crippen molar-refractivity contribution in [2.75, 3.05) is 0 Å². The van der Waals surface area contributed by atoms with Gasteiger partial charge in [0.2, 0.25) is 0 Å². The molecule has 1 fully saturated rings. The van der Waals surface area contributed by atoms with Crippen LogP contribution in [0.1, 0.15) is 39.5 Å². The molecule has 0 bridgehead atoms. The maximum absolute atomic E-state index is 11.6. The van der Waals surface area contributed by atoms with Gasteiger partial charge in [-0.2, -0.15) is 0 Å². The van der Waals surface area contributed by atoms with E-state index in [4.69, 9.17) is 5.11 Å². The van der Waals surface area contributed by atoms with Gasteiger partial charge in [-0.15, -0.1) is 0 Å². The van der Waals surface area contributed by atoms with Crippen molar-refractivity contribution in [1.82, 2.24) is 10.6 Å². The lowest BCUT2D eigenvalue weighted by Gasteiger charge is -2.27. The number of aliphatic hydroxyl groups excluding tert-OH is 1. The number of nitrogens with one attached hydrogen (secondary N) is 2. The molecule has 0 aromatic rings. The Morgan fingerprint density at radius 2 is 1.82 bits per heavy atom. The largest absolute Gasteiger partial charge is 0.480 e. The third-order valence-electron chi connectivity index (χ3n) is 3.16. The fraction of sp³-hybridized carbons (Fsp3) is 0.818. The Kier molecular flexibility index (Phi) is 4.34. The molecule has 0 spiro atoms. The van der Waals surface area contributed by atoms with E-state index < -0.39 is 24.1 Å². The minimum atomic E-state index is -1.28. The Bertz CT molecular complexity index is 298.